The summed E-state index contributed by atoms with van der Waals surface area (Å²) in [6.07, 6.45) is 1.82. The molecule has 1 unspecified atom stereocenters. The van der Waals surface area contributed by atoms with Crippen LogP contribution in [0.4, 0.5) is 0 Å². The zero-order valence-corrected chi connectivity index (χ0v) is 14.3. The first-order valence-electron chi connectivity index (χ1n) is 8.39. The van der Waals surface area contributed by atoms with Crippen LogP contribution in [0.5, 0.6) is 0 Å². The number of rotatable bonds is 2. The van der Waals surface area contributed by atoms with Gasteiger partial charge in [-0.25, -0.2) is 0 Å². The van der Waals surface area contributed by atoms with Gasteiger partial charge >= 0.3 is 0 Å². The summed E-state index contributed by atoms with van der Waals surface area (Å²) in [4.78, 5) is 15.0. The highest BCUT2D eigenvalue weighted by molar-refractivity contribution is 5.82. The molecule has 1 aliphatic rings. The first-order valence-corrected chi connectivity index (χ1v) is 8.39. The molecule has 2 aromatic rings. The second-order valence-corrected chi connectivity index (χ2v) is 7.40. The maximum atomic E-state index is 13.0. The molecule has 0 fully saturated rings. The van der Waals surface area contributed by atoms with E-state index >= 15 is 0 Å². The Hall–Kier alpha value is -2.09. The highest BCUT2D eigenvalue weighted by Gasteiger charge is 2.35. The van der Waals surface area contributed by atoms with Gasteiger partial charge in [0.15, 0.2) is 0 Å². The fourth-order valence-corrected chi connectivity index (χ4v) is 3.38. The van der Waals surface area contributed by atoms with Gasteiger partial charge in [0, 0.05) is 12.0 Å². The highest BCUT2D eigenvalue weighted by Crippen LogP contribution is 2.35. The molecule has 2 aromatic carbocycles. The molecule has 0 N–H and O–H groups in total. The standard InChI is InChI=1S/C21H25NO/c1-21(2,3)20(23)22-14-13-17-11-7-8-12-18(17)19(22)15-16-9-5-4-6-10-16/h4-12,19H,13-15H2,1-3H3. The molecule has 0 saturated heterocycles. The first kappa shape index (κ1) is 15.8. The lowest BCUT2D eigenvalue weighted by molar-refractivity contribution is -0.142. The predicted octanol–water partition coefficient (Wildman–Crippen LogP) is 4.40. The van der Waals surface area contributed by atoms with Crippen molar-refractivity contribution in [2.24, 2.45) is 5.41 Å². The molecule has 3 rings (SSSR count). The third-order valence-electron chi connectivity index (χ3n) is 4.59. The third-order valence-corrected chi connectivity index (χ3v) is 4.59. The van der Waals surface area contributed by atoms with E-state index in [1.54, 1.807) is 0 Å². The molecule has 0 aliphatic carbocycles. The maximum absolute atomic E-state index is 13.0. The van der Waals surface area contributed by atoms with E-state index in [2.05, 4.69) is 53.4 Å². The number of fused-ring (bicyclic) bond motifs is 1. The zero-order chi connectivity index (χ0) is 16.4. The van der Waals surface area contributed by atoms with Crippen LogP contribution in [0.2, 0.25) is 0 Å². The minimum absolute atomic E-state index is 0.133. The van der Waals surface area contributed by atoms with Crippen LogP contribution in [0.3, 0.4) is 0 Å². The van der Waals surface area contributed by atoms with Crippen LogP contribution in [-0.2, 0) is 17.6 Å². The lowest BCUT2D eigenvalue weighted by Crippen LogP contribution is -2.46. The Morgan fingerprint density at radius 1 is 1.04 bits per heavy atom. The second kappa shape index (κ2) is 6.19. The van der Waals surface area contributed by atoms with Gasteiger partial charge in [0.2, 0.25) is 5.91 Å². The number of carbonyl (C=O) groups is 1. The Morgan fingerprint density at radius 3 is 2.39 bits per heavy atom. The van der Waals surface area contributed by atoms with Crippen LogP contribution in [0.25, 0.3) is 0 Å². The van der Waals surface area contributed by atoms with E-state index in [1.807, 2.05) is 26.8 Å². The molecule has 0 saturated carbocycles. The summed E-state index contributed by atoms with van der Waals surface area (Å²) >= 11 is 0. The van der Waals surface area contributed by atoms with Gasteiger partial charge in [-0.2, -0.15) is 0 Å². The van der Waals surface area contributed by atoms with Crippen LogP contribution >= 0.6 is 0 Å². The largest absolute Gasteiger partial charge is 0.335 e. The Morgan fingerprint density at radius 2 is 1.70 bits per heavy atom. The van der Waals surface area contributed by atoms with Gasteiger partial charge in [0.1, 0.15) is 0 Å². The normalized spacial score (nSPS) is 17.7. The van der Waals surface area contributed by atoms with E-state index in [4.69, 9.17) is 0 Å². The molecule has 1 aliphatic heterocycles. The molecule has 120 valence electrons. The van der Waals surface area contributed by atoms with Gasteiger partial charge in [-0.05, 0) is 29.5 Å². The van der Waals surface area contributed by atoms with Gasteiger partial charge in [-0.3, -0.25) is 4.79 Å². The molecule has 1 heterocycles. The van der Waals surface area contributed by atoms with Crippen molar-refractivity contribution in [3.8, 4) is 0 Å². The molecular weight excluding hydrogens is 282 g/mol. The second-order valence-electron chi connectivity index (χ2n) is 7.40. The lowest BCUT2D eigenvalue weighted by Gasteiger charge is -2.40. The molecule has 0 radical (unpaired) electrons. The van der Waals surface area contributed by atoms with E-state index in [0.29, 0.717) is 0 Å². The van der Waals surface area contributed by atoms with Crippen LogP contribution in [0.1, 0.15) is 43.5 Å². The quantitative estimate of drug-likeness (QED) is 0.805. The van der Waals surface area contributed by atoms with E-state index in [0.717, 1.165) is 19.4 Å². The average Bonchev–Trinajstić information content (AvgIpc) is 2.55. The minimum atomic E-state index is -0.346. The molecule has 0 bridgehead atoms. The van der Waals surface area contributed by atoms with Crippen molar-refractivity contribution in [2.45, 2.75) is 39.7 Å². The average molecular weight is 307 g/mol. The van der Waals surface area contributed by atoms with Crippen molar-refractivity contribution in [1.82, 2.24) is 4.90 Å². The molecule has 23 heavy (non-hydrogen) atoms. The van der Waals surface area contributed by atoms with Crippen molar-refractivity contribution >= 4 is 5.91 Å². The molecule has 0 spiro atoms. The summed E-state index contributed by atoms with van der Waals surface area (Å²) in [6, 6.07) is 19.2. The summed E-state index contributed by atoms with van der Waals surface area (Å²) in [5.74, 6) is 0.243. The smallest absolute Gasteiger partial charge is 0.228 e. The molecule has 2 nitrogen and oxygen atoms in total. The SMILES string of the molecule is CC(C)(C)C(=O)N1CCc2ccccc2C1Cc1ccccc1. The Labute approximate surface area is 139 Å². The monoisotopic (exact) mass is 307 g/mol. The van der Waals surface area contributed by atoms with Crippen molar-refractivity contribution < 1.29 is 4.79 Å². The summed E-state index contributed by atoms with van der Waals surface area (Å²) < 4.78 is 0. The number of hydrogen-bond acceptors (Lipinski definition) is 1. The van der Waals surface area contributed by atoms with E-state index in [-0.39, 0.29) is 17.4 Å². The van der Waals surface area contributed by atoms with Gasteiger partial charge < -0.3 is 4.90 Å². The van der Waals surface area contributed by atoms with Crippen LogP contribution in [0.15, 0.2) is 54.6 Å². The van der Waals surface area contributed by atoms with Crippen LogP contribution in [0, 0.1) is 5.41 Å². The Bertz CT molecular complexity index is 684. The lowest BCUT2D eigenvalue weighted by atomic mass is 9.85. The molecular formula is C21H25NO. The van der Waals surface area contributed by atoms with Gasteiger partial charge in [0.05, 0.1) is 6.04 Å². The predicted molar refractivity (Wildman–Crippen MR) is 94.2 cm³/mol. The fraction of sp³-hybridized carbons (Fsp3) is 0.381. The summed E-state index contributed by atoms with van der Waals surface area (Å²) in [5, 5.41) is 0. The minimum Gasteiger partial charge on any atom is -0.335 e. The number of amides is 1. The van der Waals surface area contributed by atoms with Crippen LogP contribution < -0.4 is 0 Å². The van der Waals surface area contributed by atoms with Gasteiger partial charge in [-0.1, -0.05) is 75.4 Å². The summed E-state index contributed by atoms with van der Waals surface area (Å²) in [6.45, 7) is 6.84. The Kier molecular flexibility index (Phi) is 4.25. The summed E-state index contributed by atoms with van der Waals surface area (Å²) in [5.41, 5.74) is 3.62. The summed E-state index contributed by atoms with van der Waals surface area (Å²) in [7, 11) is 0. The van der Waals surface area contributed by atoms with Crippen molar-refractivity contribution in [1.29, 1.82) is 0 Å². The number of carbonyl (C=O) groups excluding carboxylic acids is 1. The maximum Gasteiger partial charge on any atom is 0.228 e. The number of hydrogen-bond donors (Lipinski definition) is 0. The molecule has 2 heteroatoms. The fourth-order valence-electron chi connectivity index (χ4n) is 3.38. The van der Waals surface area contributed by atoms with E-state index < -0.39 is 0 Å². The van der Waals surface area contributed by atoms with Crippen molar-refractivity contribution in [2.75, 3.05) is 6.54 Å². The van der Waals surface area contributed by atoms with Crippen molar-refractivity contribution in [3.05, 3.63) is 71.3 Å². The zero-order valence-electron chi connectivity index (χ0n) is 14.3. The molecule has 1 amide bonds. The number of benzene rings is 2. The van der Waals surface area contributed by atoms with E-state index in [9.17, 15) is 4.79 Å². The number of nitrogens with zero attached hydrogens (tertiary/aromatic N) is 1. The van der Waals surface area contributed by atoms with Crippen molar-refractivity contribution in [3.63, 3.8) is 0 Å². The van der Waals surface area contributed by atoms with Crippen LogP contribution in [-0.4, -0.2) is 17.4 Å². The molecule has 0 aromatic heterocycles. The van der Waals surface area contributed by atoms with Gasteiger partial charge in [0.25, 0.3) is 0 Å². The first-order chi connectivity index (χ1) is 11.0. The molecule has 1 atom stereocenters. The van der Waals surface area contributed by atoms with Gasteiger partial charge in [-0.15, -0.1) is 0 Å². The third kappa shape index (κ3) is 3.31. The Balaban J connectivity index is 1.98. The highest BCUT2D eigenvalue weighted by atomic mass is 16.2. The topological polar surface area (TPSA) is 20.3 Å². The van der Waals surface area contributed by atoms with E-state index in [1.165, 1.54) is 16.7 Å².